The highest BCUT2D eigenvalue weighted by molar-refractivity contribution is 7.07. The Hall–Kier alpha value is -1.24. The highest BCUT2D eigenvalue weighted by Gasteiger charge is 2.45. The topological polar surface area (TPSA) is 36.9 Å². The summed E-state index contributed by atoms with van der Waals surface area (Å²) in [6.07, 6.45) is 0.0512. The van der Waals surface area contributed by atoms with E-state index in [9.17, 15) is 0 Å². The maximum atomic E-state index is 6.26. The first kappa shape index (κ1) is 18.5. The van der Waals surface area contributed by atoms with Crippen molar-refractivity contribution in [3.8, 4) is 0 Å². The molecule has 1 aromatic heterocycles. The van der Waals surface area contributed by atoms with Gasteiger partial charge in [-0.05, 0) is 46.9 Å². The number of thiophene rings is 1. The summed E-state index contributed by atoms with van der Waals surface area (Å²) in [5, 5.41) is 4.15. The van der Waals surface area contributed by atoms with Gasteiger partial charge in [-0.1, -0.05) is 31.2 Å². The van der Waals surface area contributed by atoms with Crippen LogP contribution in [0.2, 0.25) is 0 Å². The molecule has 1 fully saturated rings. The van der Waals surface area contributed by atoms with E-state index in [-0.39, 0.29) is 18.3 Å². The summed E-state index contributed by atoms with van der Waals surface area (Å²) in [5.41, 5.74) is 3.58. The number of methoxy groups -OCH3 is 1. The monoisotopic (exact) mass is 362 g/mol. The van der Waals surface area contributed by atoms with Gasteiger partial charge in [-0.3, -0.25) is 0 Å². The molecule has 4 atom stereocenters. The Morgan fingerprint density at radius 3 is 2.56 bits per heavy atom. The molecule has 2 aromatic rings. The van der Waals surface area contributed by atoms with E-state index >= 15 is 0 Å². The molecule has 1 saturated heterocycles. The van der Waals surface area contributed by atoms with E-state index in [1.54, 1.807) is 18.4 Å². The lowest BCUT2D eigenvalue weighted by atomic mass is 10.1. The van der Waals surface area contributed by atoms with Crippen LogP contribution in [-0.2, 0) is 32.2 Å². The maximum absolute atomic E-state index is 6.26. The van der Waals surface area contributed by atoms with Crippen molar-refractivity contribution in [2.24, 2.45) is 0 Å². The molecule has 3 rings (SSSR count). The van der Waals surface area contributed by atoms with Gasteiger partial charge in [0, 0.05) is 7.11 Å². The molecule has 136 valence electrons. The lowest BCUT2D eigenvalue weighted by Gasteiger charge is -2.24. The van der Waals surface area contributed by atoms with Crippen molar-refractivity contribution in [1.29, 1.82) is 0 Å². The molecule has 1 unspecified atom stereocenters. The minimum absolute atomic E-state index is 0.0264. The molecule has 25 heavy (non-hydrogen) atoms. The van der Waals surface area contributed by atoms with E-state index in [1.165, 1.54) is 11.1 Å². The highest BCUT2D eigenvalue weighted by atomic mass is 32.1. The lowest BCUT2D eigenvalue weighted by molar-refractivity contribution is -0.166. The molecule has 0 N–H and O–H groups in total. The van der Waals surface area contributed by atoms with Gasteiger partial charge in [-0.25, -0.2) is 0 Å². The van der Waals surface area contributed by atoms with Gasteiger partial charge in [0.15, 0.2) is 6.29 Å². The molecule has 1 aliphatic rings. The molecule has 0 bridgehead atoms. The minimum Gasteiger partial charge on any atom is -0.368 e. The van der Waals surface area contributed by atoms with Crippen LogP contribution in [0.25, 0.3) is 0 Å². The summed E-state index contributed by atoms with van der Waals surface area (Å²) in [6.45, 7) is 5.29. The molecule has 2 heterocycles. The van der Waals surface area contributed by atoms with E-state index in [1.807, 2.05) is 12.1 Å². The number of rotatable bonds is 8. The lowest BCUT2D eigenvalue weighted by Crippen LogP contribution is -2.38. The van der Waals surface area contributed by atoms with Gasteiger partial charge in [-0.15, -0.1) is 0 Å². The fourth-order valence-electron chi connectivity index (χ4n) is 3.11. The second-order valence-electron chi connectivity index (χ2n) is 6.30. The molecule has 1 aromatic carbocycles. The maximum Gasteiger partial charge on any atom is 0.186 e. The summed E-state index contributed by atoms with van der Waals surface area (Å²) >= 11 is 1.67. The van der Waals surface area contributed by atoms with Gasteiger partial charge >= 0.3 is 0 Å². The van der Waals surface area contributed by atoms with Crippen LogP contribution in [0.1, 0.15) is 30.0 Å². The predicted octanol–water partition coefficient (Wildman–Crippen LogP) is 4.31. The van der Waals surface area contributed by atoms with E-state index in [4.69, 9.17) is 18.9 Å². The smallest absolute Gasteiger partial charge is 0.186 e. The summed E-state index contributed by atoms with van der Waals surface area (Å²) in [5.74, 6) is 0. The minimum atomic E-state index is -0.398. The van der Waals surface area contributed by atoms with Crippen molar-refractivity contribution in [2.45, 2.75) is 58.1 Å². The summed E-state index contributed by atoms with van der Waals surface area (Å²) in [6, 6.07) is 10.4. The zero-order valence-electron chi connectivity index (χ0n) is 15.0. The molecule has 0 saturated carbocycles. The average Bonchev–Trinajstić information content (AvgIpc) is 3.26. The normalized spacial score (nSPS) is 26.2. The molecule has 4 nitrogen and oxygen atoms in total. The van der Waals surface area contributed by atoms with Gasteiger partial charge in [0.1, 0.15) is 12.2 Å². The molecular formula is C20H26O4S. The fraction of sp³-hybridized carbons (Fsp3) is 0.500. The van der Waals surface area contributed by atoms with Crippen LogP contribution in [0.3, 0.4) is 0 Å². The third kappa shape index (κ3) is 4.49. The molecule has 0 aliphatic carbocycles. The second kappa shape index (κ2) is 8.92. The number of benzene rings is 1. The highest BCUT2D eigenvalue weighted by Crippen LogP contribution is 2.30. The zero-order chi connectivity index (χ0) is 17.6. The number of hydrogen-bond donors (Lipinski definition) is 0. The molecule has 5 heteroatoms. The van der Waals surface area contributed by atoms with Crippen LogP contribution < -0.4 is 0 Å². The molecular weight excluding hydrogens is 336 g/mol. The second-order valence-corrected chi connectivity index (χ2v) is 7.08. The van der Waals surface area contributed by atoms with Gasteiger partial charge in [0.2, 0.25) is 0 Å². The Bertz CT molecular complexity index is 643. The van der Waals surface area contributed by atoms with Crippen molar-refractivity contribution in [2.75, 3.05) is 7.11 Å². The Labute approximate surface area is 153 Å². The van der Waals surface area contributed by atoms with E-state index < -0.39 is 6.29 Å². The molecule has 0 radical (unpaired) electrons. The molecule has 1 aliphatic heterocycles. The number of hydrogen-bond acceptors (Lipinski definition) is 5. The Kier molecular flexibility index (Phi) is 6.62. The number of aryl methyl sites for hydroxylation is 1. The van der Waals surface area contributed by atoms with Crippen LogP contribution >= 0.6 is 11.3 Å². The SMILES string of the molecule is CC[C@H]1OC(OC)[C@H](OCc2ccsc2)[C@H]1OCc1ccccc1C. The first-order valence-electron chi connectivity index (χ1n) is 8.70. The van der Waals surface area contributed by atoms with E-state index in [2.05, 4.69) is 42.8 Å². The van der Waals surface area contributed by atoms with E-state index in [0.717, 1.165) is 12.0 Å². The third-order valence-electron chi connectivity index (χ3n) is 4.62. The molecule has 0 amide bonds. The predicted molar refractivity (Wildman–Crippen MR) is 98.6 cm³/mol. The summed E-state index contributed by atoms with van der Waals surface area (Å²) in [4.78, 5) is 0. The van der Waals surface area contributed by atoms with Crippen molar-refractivity contribution in [3.05, 3.63) is 57.8 Å². The van der Waals surface area contributed by atoms with Crippen molar-refractivity contribution in [3.63, 3.8) is 0 Å². The van der Waals surface area contributed by atoms with Crippen LogP contribution in [0.15, 0.2) is 41.1 Å². The van der Waals surface area contributed by atoms with Crippen molar-refractivity contribution >= 4 is 11.3 Å². The van der Waals surface area contributed by atoms with Crippen molar-refractivity contribution in [1.82, 2.24) is 0 Å². The Balaban J connectivity index is 1.68. The standard InChI is InChI=1S/C20H26O4S/c1-4-17-18(23-12-16-8-6-5-7-14(16)2)19(20(21-3)24-17)22-11-15-9-10-25-13-15/h5-10,13,17-20H,4,11-12H2,1-3H3/t17-,18+,19-,20?/m1/s1. The zero-order valence-corrected chi connectivity index (χ0v) is 15.8. The van der Waals surface area contributed by atoms with Crippen LogP contribution in [0.4, 0.5) is 0 Å². The van der Waals surface area contributed by atoms with Gasteiger partial charge in [-0.2, -0.15) is 11.3 Å². The Morgan fingerprint density at radius 2 is 1.88 bits per heavy atom. The summed E-state index contributed by atoms with van der Waals surface area (Å²) in [7, 11) is 1.65. The summed E-state index contributed by atoms with van der Waals surface area (Å²) < 4.78 is 23.9. The van der Waals surface area contributed by atoms with E-state index in [0.29, 0.717) is 13.2 Å². The number of ether oxygens (including phenoxy) is 4. The van der Waals surface area contributed by atoms with Crippen molar-refractivity contribution < 1.29 is 18.9 Å². The van der Waals surface area contributed by atoms with Crippen LogP contribution in [0.5, 0.6) is 0 Å². The van der Waals surface area contributed by atoms with Crippen LogP contribution in [-0.4, -0.2) is 31.7 Å². The van der Waals surface area contributed by atoms with Gasteiger partial charge in [0.05, 0.1) is 19.3 Å². The van der Waals surface area contributed by atoms with Gasteiger partial charge in [0.25, 0.3) is 0 Å². The van der Waals surface area contributed by atoms with Crippen LogP contribution in [0, 0.1) is 6.92 Å². The first-order chi connectivity index (χ1) is 12.2. The Morgan fingerprint density at radius 1 is 1.08 bits per heavy atom. The fourth-order valence-corrected chi connectivity index (χ4v) is 3.77. The third-order valence-corrected chi connectivity index (χ3v) is 5.35. The quantitative estimate of drug-likeness (QED) is 0.701. The first-order valence-corrected chi connectivity index (χ1v) is 9.64. The largest absolute Gasteiger partial charge is 0.368 e. The van der Waals surface area contributed by atoms with Gasteiger partial charge < -0.3 is 18.9 Å². The molecule has 0 spiro atoms. The average molecular weight is 362 g/mol.